The van der Waals surface area contributed by atoms with E-state index in [-0.39, 0.29) is 24.0 Å². The molecule has 1 atom stereocenters. The van der Waals surface area contributed by atoms with Crippen molar-refractivity contribution in [3.63, 3.8) is 0 Å². The van der Waals surface area contributed by atoms with E-state index in [2.05, 4.69) is 0 Å². The summed E-state index contributed by atoms with van der Waals surface area (Å²) >= 11 is 0. The van der Waals surface area contributed by atoms with E-state index >= 15 is 0 Å². The number of nitrogens with zero attached hydrogens (tertiary/aromatic N) is 1. The Balaban J connectivity index is 1.84. The van der Waals surface area contributed by atoms with Crippen molar-refractivity contribution < 1.29 is 9.90 Å². The van der Waals surface area contributed by atoms with Crippen molar-refractivity contribution in [1.29, 1.82) is 0 Å². The predicted molar refractivity (Wildman–Crippen MR) is 82.8 cm³/mol. The molecule has 1 saturated heterocycles. The van der Waals surface area contributed by atoms with Crippen LogP contribution in [-0.2, 0) is 10.2 Å². The second-order valence-electron chi connectivity index (χ2n) is 6.39. The summed E-state index contributed by atoms with van der Waals surface area (Å²) in [6, 6.07) is 7.69. The highest BCUT2D eigenvalue weighted by Gasteiger charge is 2.53. The summed E-state index contributed by atoms with van der Waals surface area (Å²) in [4.78, 5) is 15.0. The zero-order valence-corrected chi connectivity index (χ0v) is 12.4. The molecule has 1 amide bonds. The summed E-state index contributed by atoms with van der Waals surface area (Å²) in [5.74, 6) is 0.202. The Morgan fingerprint density at radius 3 is 2.57 bits per heavy atom. The number of hydrogen-bond acceptors (Lipinski definition) is 3. The first-order chi connectivity index (χ1) is 10.2. The highest BCUT2D eigenvalue weighted by molar-refractivity contribution is 5.91. The number of aliphatic hydroxyl groups excluding tert-OH is 1. The van der Waals surface area contributed by atoms with E-state index in [4.69, 9.17) is 5.73 Å². The van der Waals surface area contributed by atoms with Crippen LogP contribution in [0.3, 0.4) is 0 Å². The van der Waals surface area contributed by atoms with Crippen molar-refractivity contribution in [2.45, 2.75) is 50.0 Å². The Kier molecular flexibility index (Phi) is 3.89. The molecule has 21 heavy (non-hydrogen) atoms. The second-order valence-corrected chi connectivity index (χ2v) is 6.39. The molecule has 3 rings (SSSR count). The van der Waals surface area contributed by atoms with Crippen molar-refractivity contribution in [1.82, 2.24) is 4.90 Å². The van der Waals surface area contributed by atoms with Gasteiger partial charge in [-0.2, -0.15) is 0 Å². The minimum absolute atomic E-state index is 0.00810. The molecule has 2 fully saturated rings. The van der Waals surface area contributed by atoms with Crippen LogP contribution in [0.2, 0.25) is 0 Å². The molecular weight excluding hydrogens is 264 g/mol. The van der Waals surface area contributed by atoms with Gasteiger partial charge in [-0.25, -0.2) is 0 Å². The van der Waals surface area contributed by atoms with Gasteiger partial charge in [-0.05, 0) is 43.4 Å². The minimum atomic E-state index is -0.356. The summed E-state index contributed by atoms with van der Waals surface area (Å²) < 4.78 is 0. The number of nitrogen functional groups attached to an aromatic ring is 1. The predicted octanol–water partition coefficient (Wildman–Crippen LogP) is 2.06. The minimum Gasteiger partial charge on any atom is -0.399 e. The van der Waals surface area contributed by atoms with E-state index in [0.29, 0.717) is 0 Å². The van der Waals surface area contributed by atoms with E-state index < -0.39 is 0 Å². The molecule has 0 aromatic heterocycles. The SMILES string of the molecule is Nc1ccc(C2(C(=O)N3CCCCCC3CO)CC2)cc1. The molecule has 1 aliphatic carbocycles. The number of carbonyl (C=O) groups excluding carboxylic acids is 1. The molecular formula is C17H24N2O2. The number of rotatable bonds is 3. The number of carbonyl (C=O) groups is 1. The Hall–Kier alpha value is -1.55. The molecule has 0 bridgehead atoms. The summed E-state index contributed by atoms with van der Waals surface area (Å²) in [6.45, 7) is 0.852. The average Bonchev–Trinajstić information content (AvgIpc) is 3.31. The molecule has 4 heteroatoms. The first kappa shape index (κ1) is 14.4. The van der Waals surface area contributed by atoms with Gasteiger partial charge in [0, 0.05) is 12.2 Å². The second kappa shape index (κ2) is 5.68. The van der Waals surface area contributed by atoms with E-state index in [1.54, 1.807) is 0 Å². The Labute approximate surface area is 125 Å². The standard InChI is InChI=1S/C17H24N2O2/c18-14-7-5-13(6-8-14)17(9-10-17)16(21)19-11-3-1-2-4-15(19)12-20/h5-8,15,20H,1-4,9-12,18H2. The number of amides is 1. The molecule has 2 aliphatic rings. The molecule has 1 aromatic rings. The number of anilines is 1. The highest BCUT2D eigenvalue weighted by atomic mass is 16.3. The van der Waals surface area contributed by atoms with Gasteiger partial charge < -0.3 is 15.7 Å². The summed E-state index contributed by atoms with van der Waals surface area (Å²) in [6.07, 6.45) is 6.02. The quantitative estimate of drug-likeness (QED) is 0.837. The van der Waals surface area contributed by atoms with Crippen molar-refractivity contribution in [2.75, 3.05) is 18.9 Å². The zero-order valence-electron chi connectivity index (χ0n) is 12.4. The van der Waals surface area contributed by atoms with Gasteiger partial charge in [0.2, 0.25) is 5.91 Å². The summed E-state index contributed by atoms with van der Waals surface area (Å²) in [7, 11) is 0. The molecule has 1 aromatic carbocycles. The molecule has 1 unspecified atom stereocenters. The lowest BCUT2D eigenvalue weighted by Gasteiger charge is -2.32. The van der Waals surface area contributed by atoms with Crippen molar-refractivity contribution in [3.8, 4) is 0 Å². The molecule has 4 nitrogen and oxygen atoms in total. The zero-order chi connectivity index (χ0) is 14.9. The molecule has 0 radical (unpaired) electrons. The monoisotopic (exact) mass is 288 g/mol. The van der Waals surface area contributed by atoms with E-state index in [1.807, 2.05) is 29.2 Å². The highest BCUT2D eigenvalue weighted by Crippen LogP contribution is 2.50. The summed E-state index contributed by atoms with van der Waals surface area (Å²) in [5.41, 5.74) is 7.19. The Morgan fingerprint density at radius 2 is 1.95 bits per heavy atom. The van der Waals surface area contributed by atoms with Gasteiger partial charge in [-0.15, -0.1) is 0 Å². The van der Waals surface area contributed by atoms with Crippen LogP contribution in [0.5, 0.6) is 0 Å². The van der Waals surface area contributed by atoms with Gasteiger partial charge in [0.05, 0.1) is 18.1 Å². The first-order valence-electron chi connectivity index (χ1n) is 7.95. The van der Waals surface area contributed by atoms with Gasteiger partial charge in [0.1, 0.15) is 0 Å². The maximum absolute atomic E-state index is 13.1. The third kappa shape index (κ3) is 2.64. The third-order valence-electron chi connectivity index (χ3n) is 4.97. The van der Waals surface area contributed by atoms with E-state index in [9.17, 15) is 9.90 Å². The van der Waals surface area contributed by atoms with Crippen LogP contribution >= 0.6 is 0 Å². The fourth-order valence-electron chi connectivity index (χ4n) is 3.46. The maximum Gasteiger partial charge on any atom is 0.233 e. The lowest BCUT2D eigenvalue weighted by atomic mass is 9.93. The number of aliphatic hydroxyl groups is 1. The molecule has 3 N–H and O–H groups in total. The molecule has 0 spiro atoms. The van der Waals surface area contributed by atoms with Crippen molar-refractivity contribution in [2.24, 2.45) is 0 Å². The van der Waals surface area contributed by atoms with Crippen LogP contribution in [0.4, 0.5) is 5.69 Å². The van der Waals surface area contributed by atoms with E-state index in [1.165, 1.54) is 0 Å². The lowest BCUT2D eigenvalue weighted by molar-refractivity contribution is -0.137. The molecule has 114 valence electrons. The van der Waals surface area contributed by atoms with Gasteiger partial charge in [0.25, 0.3) is 0 Å². The fraction of sp³-hybridized carbons (Fsp3) is 0.588. The third-order valence-corrected chi connectivity index (χ3v) is 4.97. The topological polar surface area (TPSA) is 66.6 Å². The first-order valence-corrected chi connectivity index (χ1v) is 7.95. The smallest absolute Gasteiger partial charge is 0.233 e. The van der Waals surface area contributed by atoms with Crippen molar-refractivity contribution in [3.05, 3.63) is 29.8 Å². The van der Waals surface area contributed by atoms with Crippen LogP contribution in [0, 0.1) is 0 Å². The van der Waals surface area contributed by atoms with Crippen molar-refractivity contribution >= 4 is 11.6 Å². The Morgan fingerprint density at radius 1 is 1.24 bits per heavy atom. The van der Waals surface area contributed by atoms with Gasteiger partial charge in [-0.1, -0.05) is 25.0 Å². The van der Waals surface area contributed by atoms with Crippen LogP contribution < -0.4 is 5.73 Å². The van der Waals surface area contributed by atoms with Gasteiger partial charge in [0.15, 0.2) is 0 Å². The number of hydrogen-bond donors (Lipinski definition) is 2. The molecule has 1 aliphatic heterocycles. The fourth-order valence-corrected chi connectivity index (χ4v) is 3.46. The number of likely N-dealkylation sites (tertiary alicyclic amines) is 1. The normalized spacial score (nSPS) is 24.4. The van der Waals surface area contributed by atoms with Crippen LogP contribution in [0.25, 0.3) is 0 Å². The van der Waals surface area contributed by atoms with Gasteiger partial charge in [-0.3, -0.25) is 4.79 Å². The van der Waals surface area contributed by atoms with Crippen LogP contribution in [0.1, 0.15) is 44.1 Å². The average molecular weight is 288 g/mol. The van der Waals surface area contributed by atoms with Crippen LogP contribution in [-0.4, -0.2) is 35.1 Å². The Bertz CT molecular complexity index is 508. The van der Waals surface area contributed by atoms with E-state index in [0.717, 1.165) is 56.3 Å². The molecule has 1 heterocycles. The van der Waals surface area contributed by atoms with Crippen LogP contribution in [0.15, 0.2) is 24.3 Å². The van der Waals surface area contributed by atoms with Gasteiger partial charge >= 0.3 is 0 Å². The number of nitrogens with two attached hydrogens (primary N) is 1. The maximum atomic E-state index is 13.1. The molecule has 1 saturated carbocycles. The number of benzene rings is 1. The largest absolute Gasteiger partial charge is 0.399 e. The lowest BCUT2D eigenvalue weighted by Crippen LogP contribution is -2.47. The summed E-state index contributed by atoms with van der Waals surface area (Å²) in [5, 5.41) is 9.62.